The molecule has 3 heteroatoms. The molecule has 0 amide bonds. The summed E-state index contributed by atoms with van der Waals surface area (Å²) in [7, 11) is 0. The van der Waals surface area contributed by atoms with Crippen LogP contribution < -0.4 is 0 Å². The second kappa shape index (κ2) is 4.05. The fraction of sp³-hybridized carbons (Fsp3) is 0.182. The van der Waals surface area contributed by atoms with E-state index in [1.807, 2.05) is 0 Å². The molecular weight excluding hydrogens is 183 g/mol. The Morgan fingerprint density at radius 1 is 1.50 bits per heavy atom. The number of carboxylic acids is 1. The van der Waals surface area contributed by atoms with Crippen molar-refractivity contribution in [2.75, 3.05) is 0 Å². The molecule has 0 atom stereocenters. The van der Waals surface area contributed by atoms with Gasteiger partial charge in [-0.15, -0.1) is 0 Å². The van der Waals surface area contributed by atoms with Crippen molar-refractivity contribution in [1.82, 2.24) is 0 Å². The topological polar surface area (TPSA) is 37.3 Å². The van der Waals surface area contributed by atoms with Crippen LogP contribution in [0.2, 0.25) is 0 Å². The van der Waals surface area contributed by atoms with Gasteiger partial charge < -0.3 is 5.11 Å². The third-order valence-corrected chi connectivity index (χ3v) is 1.90. The minimum atomic E-state index is -0.966. The molecule has 2 nitrogen and oxygen atoms in total. The van der Waals surface area contributed by atoms with Gasteiger partial charge in [0.05, 0.1) is 0 Å². The summed E-state index contributed by atoms with van der Waals surface area (Å²) in [6, 6.07) is 4.49. The van der Waals surface area contributed by atoms with Crippen molar-refractivity contribution >= 4 is 12.0 Å². The van der Waals surface area contributed by atoms with Gasteiger partial charge in [-0.05, 0) is 43.2 Å². The predicted molar refractivity (Wildman–Crippen MR) is 52.4 cm³/mol. The Hall–Kier alpha value is -1.64. The van der Waals surface area contributed by atoms with Crippen LogP contribution in [0.5, 0.6) is 0 Å². The first-order chi connectivity index (χ1) is 6.50. The second-order valence-electron chi connectivity index (χ2n) is 3.14. The lowest BCUT2D eigenvalue weighted by atomic mass is 10.1. The lowest BCUT2D eigenvalue weighted by molar-refractivity contribution is -0.132. The van der Waals surface area contributed by atoms with Gasteiger partial charge in [0.15, 0.2) is 0 Å². The van der Waals surface area contributed by atoms with Crippen LogP contribution in [0.15, 0.2) is 23.8 Å². The van der Waals surface area contributed by atoms with Crippen molar-refractivity contribution in [1.29, 1.82) is 0 Å². The van der Waals surface area contributed by atoms with Gasteiger partial charge in [-0.2, -0.15) is 0 Å². The Balaban J connectivity index is 3.04. The highest BCUT2D eigenvalue weighted by molar-refractivity contribution is 5.91. The summed E-state index contributed by atoms with van der Waals surface area (Å²) in [5.74, 6) is -1.25. The van der Waals surface area contributed by atoms with Crippen molar-refractivity contribution in [3.05, 3.63) is 40.7 Å². The van der Waals surface area contributed by atoms with Crippen molar-refractivity contribution < 1.29 is 14.3 Å². The lowest BCUT2D eigenvalue weighted by Crippen LogP contribution is -1.95. The Morgan fingerprint density at radius 2 is 2.14 bits per heavy atom. The average Bonchev–Trinajstić information content (AvgIpc) is 2.11. The van der Waals surface area contributed by atoms with Crippen molar-refractivity contribution in [3.63, 3.8) is 0 Å². The van der Waals surface area contributed by atoms with E-state index in [0.717, 1.165) is 0 Å². The highest BCUT2D eigenvalue weighted by Crippen LogP contribution is 2.12. The number of carbonyl (C=O) groups is 1. The normalized spacial score (nSPS) is 11.5. The molecule has 1 aromatic rings. The maximum atomic E-state index is 12.9. The van der Waals surface area contributed by atoms with Crippen LogP contribution in [0.4, 0.5) is 4.39 Å². The zero-order valence-electron chi connectivity index (χ0n) is 8.04. The summed E-state index contributed by atoms with van der Waals surface area (Å²) in [6.07, 6.45) is 1.51. The number of aryl methyl sites for hydroxylation is 1. The third kappa shape index (κ3) is 2.42. The highest BCUT2D eigenvalue weighted by atomic mass is 19.1. The van der Waals surface area contributed by atoms with E-state index in [1.54, 1.807) is 19.1 Å². The minimum absolute atomic E-state index is 0.232. The molecule has 0 saturated heterocycles. The SMILES string of the molecule is CC(=Cc1ccc(F)c(C)c1)C(=O)O. The van der Waals surface area contributed by atoms with Gasteiger partial charge in [0.1, 0.15) is 5.82 Å². The number of benzene rings is 1. The van der Waals surface area contributed by atoms with Gasteiger partial charge in [0.25, 0.3) is 0 Å². The molecule has 0 aliphatic heterocycles. The molecule has 0 fully saturated rings. The Bertz CT molecular complexity index is 394. The number of rotatable bonds is 2. The van der Waals surface area contributed by atoms with Crippen LogP contribution in [-0.4, -0.2) is 11.1 Å². The molecule has 0 heterocycles. The molecule has 0 saturated carbocycles. The van der Waals surface area contributed by atoms with Crippen LogP contribution in [0.25, 0.3) is 6.08 Å². The molecule has 0 aliphatic carbocycles. The zero-order valence-corrected chi connectivity index (χ0v) is 8.04. The molecule has 1 rings (SSSR count). The second-order valence-corrected chi connectivity index (χ2v) is 3.14. The summed E-state index contributed by atoms with van der Waals surface area (Å²) in [5.41, 5.74) is 1.44. The van der Waals surface area contributed by atoms with Crippen LogP contribution >= 0.6 is 0 Å². The Morgan fingerprint density at radius 3 is 2.64 bits per heavy atom. The van der Waals surface area contributed by atoms with Crippen LogP contribution in [-0.2, 0) is 4.79 Å². The van der Waals surface area contributed by atoms with E-state index in [9.17, 15) is 9.18 Å². The van der Waals surface area contributed by atoms with E-state index < -0.39 is 5.97 Å². The van der Waals surface area contributed by atoms with Gasteiger partial charge in [-0.1, -0.05) is 6.07 Å². The minimum Gasteiger partial charge on any atom is -0.478 e. The number of carboxylic acid groups (broad SMARTS) is 1. The first-order valence-corrected chi connectivity index (χ1v) is 4.18. The van der Waals surface area contributed by atoms with Crippen LogP contribution in [0.1, 0.15) is 18.1 Å². The summed E-state index contributed by atoms with van der Waals surface area (Å²) in [6.45, 7) is 3.14. The molecule has 1 N–H and O–H groups in total. The summed E-state index contributed by atoms with van der Waals surface area (Å²) in [4.78, 5) is 10.5. The molecule has 0 aromatic heterocycles. The molecule has 0 aliphatic rings. The molecule has 74 valence electrons. The molecule has 1 aromatic carbocycles. The number of hydrogen-bond acceptors (Lipinski definition) is 1. The van der Waals surface area contributed by atoms with Crippen molar-refractivity contribution in [3.8, 4) is 0 Å². The van der Waals surface area contributed by atoms with E-state index >= 15 is 0 Å². The molecule has 0 spiro atoms. The number of hydrogen-bond donors (Lipinski definition) is 1. The monoisotopic (exact) mass is 194 g/mol. The molecule has 0 radical (unpaired) electrons. The third-order valence-electron chi connectivity index (χ3n) is 1.90. The van der Waals surface area contributed by atoms with Crippen LogP contribution in [0, 0.1) is 12.7 Å². The standard InChI is InChI=1S/C11H11FO2/c1-7-5-9(3-4-10(7)12)6-8(2)11(13)14/h3-6H,1-2H3,(H,13,14). The summed E-state index contributed by atoms with van der Waals surface area (Å²) in [5, 5.41) is 8.62. The first-order valence-electron chi connectivity index (χ1n) is 4.18. The Labute approximate surface area is 81.7 Å². The van der Waals surface area contributed by atoms with Crippen LogP contribution in [0.3, 0.4) is 0 Å². The zero-order chi connectivity index (χ0) is 10.7. The lowest BCUT2D eigenvalue weighted by Gasteiger charge is -1.99. The highest BCUT2D eigenvalue weighted by Gasteiger charge is 2.01. The maximum Gasteiger partial charge on any atom is 0.331 e. The molecular formula is C11H11FO2. The number of halogens is 1. The van der Waals surface area contributed by atoms with Gasteiger partial charge >= 0.3 is 5.97 Å². The molecule has 0 bridgehead atoms. The first kappa shape index (κ1) is 10.4. The van der Waals surface area contributed by atoms with E-state index in [1.165, 1.54) is 19.1 Å². The van der Waals surface area contributed by atoms with E-state index in [-0.39, 0.29) is 11.4 Å². The fourth-order valence-electron chi connectivity index (χ4n) is 1.07. The maximum absolute atomic E-state index is 12.9. The molecule has 14 heavy (non-hydrogen) atoms. The van der Waals surface area contributed by atoms with E-state index in [0.29, 0.717) is 11.1 Å². The van der Waals surface area contributed by atoms with Gasteiger partial charge in [0, 0.05) is 5.57 Å². The molecule has 0 unspecified atom stereocenters. The fourth-order valence-corrected chi connectivity index (χ4v) is 1.07. The van der Waals surface area contributed by atoms with Crippen molar-refractivity contribution in [2.24, 2.45) is 0 Å². The van der Waals surface area contributed by atoms with E-state index in [4.69, 9.17) is 5.11 Å². The number of aliphatic carboxylic acids is 1. The van der Waals surface area contributed by atoms with E-state index in [2.05, 4.69) is 0 Å². The largest absolute Gasteiger partial charge is 0.478 e. The van der Waals surface area contributed by atoms with Gasteiger partial charge in [-0.3, -0.25) is 0 Å². The quantitative estimate of drug-likeness (QED) is 0.735. The van der Waals surface area contributed by atoms with Gasteiger partial charge in [0.2, 0.25) is 0 Å². The average molecular weight is 194 g/mol. The Kier molecular flexibility index (Phi) is 3.02. The smallest absolute Gasteiger partial charge is 0.331 e. The van der Waals surface area contributed by atoms with Gasteiger partial charge in [-0.25, -0.2) is 9.18 Å². The predicted octanol–water partition coefficient (Wildman–Crippen LogP) is 2.62. The summed E-state index contributed by atoms with van der Waals surface area (Å²) < 4.78 is 12.9. The summed E-state index contributed by atoms with van der Waals surface area (Å²) >= 11 is 0. The van der Waals surface area contributed by atoms with Crippen molar-refractivity contribution in [2.45, 2.75) is 13.8 Å².